The van der Waals surface area contributed by atoms with E-state index in [2.05, 4.69) is 12.2 Å². The Balaban J connectivity index is 2.62. The first-order valence-electron chi connectivity index (χ1n) is 6.33. The van der Waals surface area contributed by atoms with E-state index in [-0.39, 0.29) is 6.04 Å². The molecule has 1 unspecified atom stereocenters. The van der Waals surface area contributed by atoms with Gasteiger partial charge in [-0.1, -0.05) is 6.92 Å². The second-order valence-electron chi connectivity index (χ2n) is 4.41. The summed E-state index contributed by atoms with van der Waals surface area (Å²) < 4.78 is 31.2. The smallest absolute Gasteiger partial charge is 0.126 e. The second kappa shape index (κ2) is 8.16. The first kappa shape index (κ1) is 15.1. The minimum Gasteiger partial charge on any atom is -0.385 e. The maximum atomic E-state index is 13.1. The second-order valence-corrected chi connectivity index (χ2v) is 4.41. The van der Waals surface area contributed by atoms with Crippen LogP contribution in [0.4, 0.5) is 8.78 Å². The fraction of sp³-hybridized carbons (Fsp3) is 0.571. The van der Waals surface area contributed by atoms with Gasteiger partial charge in [0, 0.05) is 25.8 Å². The maximum Gasteiger partial charge on any atom is 0.126 e. The number of benzene rings is 1. The fourth-order valence-electron chi connectivity index (χ4n) is 1.90. The number of halogens is 2. The highest BCUT2D eigenvalue weighted by molar-refractivity contribution is 5.19. The lowest BCUT2D eigenvalue weighted by Gasteiger charge is -2.18. The summed E-state index contributed by atoms with van der Waals surface area (Å²) in [6.45, 7) is 3.62. The summed E-state index contributed by atoms with van der Waals surface area (Å²) in [5.41, 5.74) is 0.678. The van der Waals surface area contributed by atoms with Gasteiger partial charge in [0.1, 0.15) is 11.6 Å². The molecule has 0 aliphatic carbocycles. The van der Waals surface area contributed by atoms with Gasteiger partial charge in [-0.2, -0.15) is 0 Å². The predicted octanol–water partition coefficient (Wildman–Crippen LogP) is 2.91. The molecule has 102 valence electrons. The van der Waals surface area contributed by atoms with E-state index >= 15 is 0 Å². The molecule has 0 spiro atoms. The van der Waals surface area contributed by atoms with Gasteiger partial charge in [-0.15, -0.1) is 0 Å². The summed E-state index contributed by atoms with van der Waals surface area (Å²) in [6.07, 6.45) is 2.47. The van der Waals surface area contributed by atoms with Gasteiger partial charge in [-0.25, -0.2) is 8.78 Å². The molecule has 1 N–H and O–H groups in total. The minimum absolute atomic E-state index is 0.186. The van der Waals surface area contributed by atoms with Crippen LogP contribution in [0.5, 0.6) is 0 Å². The van der Waals surface area contributed by atoms with E-state index in [9.17, 15) is 8.78 Å². The van der Waals surface area contributed by atoms with Gasteiger partial charge in [0.2, 0.25) is 0 Å². The van der Waals surface area contributed by atoms with Crippen LogP contribution in [0.1, 0.15) is 25.3 Å². The molecule has 0 aromatic heterocycles. The lowest BCUT2D eigenvalue weighted by atomic mass is 10.0. The normalized spacial score (nSPS) is 12.7. The summed E-state index contributed by atoms with van der Waals surface area (Å²) in [5, 5.41) is 3.37. The fourth-order valence-corrected chi connectivity index (χ4v) is 1.90. The molecule has 0 radical (unpaired) electrons. The van der Waals surface area contributed by atoms with Gasteiger partial charge >= 0.3 is 0 Å². The van der Waals surface area contributed by atoms with Gasteiger partial charge in [-0.05, 0) is 43.5 Å². The third-order valence-electron chi connectivity index (χ3n) is 2.76. The van der Waals surface area contributed by atoms with Crippen molar-refractivity contribution in [2.24, 2.45) is 0 Å². The highest BCUT2D eigenvalue weighted by atomic mass is 19.1. The molecule has 0 heterocycles. The molecular formula is C14H21F2NO. The quantitative estimate of drug-likeness (QED) is 0.773. The summed E-state index contributed by atoms with van der Waals surface area (Å²) >= 11 is 0. The van der Waals surface area contributed by atoms with Crippen molar-refractivity contribution in [1.29, 1.82) is 0 Å². The largest absolute Gasteiger partial charge is 0.385 e. The average molecular weight is 257 g/mol. The van der Waals surface area contributed by atoms with Gasteiger partial charge in [-0.3, -0.25) is 0 Å². The molecule has 4 heteroatoms. The number of rotatable bonds is 8. The molecule has 1 rings (SSSR count). The van der Waals surface area contributed by atoms with E-state index in [1.807, 2.05) is 0 Å². The summed E-state index contributed by atoms with van der Waals surface area (Å²) in [7, 11) is 1.65. The molecule has 0 aliphatic heterocycles. The van der Waals surface area contributed by atoms with Crippen molar-refractivity contribution in [3.8, 4) is 0 Å². The Bertz CT molecular complexity index is 329. The van der Waals surface area contributed by atoms with Crippen LogP contribution in [0, 0.1) is 11.6 Å². The van der Waals surface area contributed by atoms with E-state index in [0.717, 1.165) is 25.5 Å². The van der Waals surface area contributed by atoms with Crippen LogP contribution in [0.25, 0.3) is 0 Å². The standard InChI is InChI=1S/C14H21F2NO/c1-3-5-17-14(4-6-18-2)9-11-7-12(15)10-13(16)8-11/h7-8,10,14,17H,3-6,9H2,1-2H3. The first-order valence-corrected chi connectivity index (χ1v) is 6.33. The molecule has 1 aromatic rings. The van der Waals surface area contributed by atoms with Crippen LogP contribution < -0.4 is 5.32 Å². The van der Waals surface area contributed by atoms with Gasteiger partial charge in [0.25, 0.3) is 0 Å². The van der Waals surface area contributed by atoms with Crippen molar-refractivity contribution in [2.45, 2.75) is 32.2 Å². The monoisotopic (exact) mass is 257 g/mol. The molecular weight excluding hydrogens is 236 g/mol. The third kappa shape index (κ3) is 5.56. The third-order valence-corrected chi connectivity index (χ3v) is 2.76. The van der Waals surface area contributed by atoms with Crippen LogP contribution in [0.2, 0.25) is 0 Å². The van der Waals surface area contributed by atoms with Crippen molar-refractivity contribution in [3.05, 3.63) is 35.4 Å². The molecule has 2 nitrogen and oxygen atoms in total. The molecule has 0 amide bonds. The number of methoxy groups -OCH3 is 1. The highest BCUT2D eigenvalue weighted by Crippen LogP contribution is 2.11. The van der Waals surface area contributed by atoms with Crippen molar-refractivity contribution in [2.75, 3.05) is 20.3 Å². The van der Waals surface area contributed by atoms with Gasteiger partial charge in [0.05, 0.1) is 0 Å². The average Bonchev–Trinajstić information content (AvgIpc) is 2.31. The van der Waals surface area contributed by atoms with Crippen molar-refractivity contribution >= 4 is 0 Å². The Morgan fingerprint density at radius 2 is 1.89 bits per heavy atom. The van der Waals surface area contributed by atoms with E-state index < -0.39 is 11.6 Å². The first-order chi connectivity index (χ1) is 8.65. The summed E-state index contributed by atoms with van der Waals surface area (Å²) in [5.74, 6) is -1.04. The van der Waals surface area contributed by atoms with Crippen molar-refractivity contribution < 1.29 is 13.5 Å². The van der Waals surface area contributed by atoms with Gasteiger partial charge < -0.3 is 10.1 Å². The SMILES string of the molecule is CCCNC(CCOC)Cc1cc(F)cc(F)c1. The van der Waals surface area contributed by atoms with Crippen LogP contribution in [0.15, 0.2) is 18.2 Å². The Kier molecular flexibility index (Phi) is 6.83. The van der Waals surface area contributed by atoms with E-state index in [1.165, 1.54) is 12.1 Å². The number of ether oxygens (including phenoxy) is 1. The molecule has 0 aliphatic rings. The van der Waals surface area contributed by atoms with Crippen LogP contribution >= 0.6 is 0 Å². The molecule has 0 saturated heterocycles. The lowest BCUT2D eigenvalue weighted by Crippen LogP contribution is -2.33. The Labute approximate surface area is 107 Å². The van der Waals surface area contributed by atoms with E-state index in [1.54, 1.807) is 7.11 Å². The predicted molar refractivity (Wildman–Crippen MR) is 68.6 cm³/mol. The lowest BCUT2D eigenvalue weighted by molar-refractivity contribution is 0.182. The zero-order valence-electron chi connectivity index (χ0n) is 11.0. The zero-order valence-corrected chi connectivity index (χ0v) is 11.0. The maximum absolute atomic E-state index is 13.1. The summed E-state index contributed by atoms with van der Waals surface area (Å²) in [4.78, 5) is 0. The molecule has 0 bridgehead atoms. The van der Waals surface area contributed by atoms with Crippen LogP contribution in [-0.2, 0) is 11.2 Å². The molecule has 0 saturated carbocycles. The van der Waals surface area contributed by atoms with Crippen molar-refractivity contribution in [3.63, 3.8) is 0 Å². The zero-order chi connectivity index (χ0) is 13.4. The molecule has 1 aromatic carbocycles. The molecule has 0 fully saturated rings. The van der Waals surface area contributed by atoms with Crippen molar-refractivity contribution in [1.82, 2.24) is 5.32 Å². The minimum atomic E-state index is -0.522. The van der Waals surface area contributed by atoms with Crippen LogP contribution in [-0.4, -0.2) is 26.3 Å². The van der Waals surface area contributed by atoms with Crippen LogP contribution in [0.3, 0.4) is 0 Å². The molecule has 18 heavy (non-hydrogen) atoms. The van der Waals surface area contributed by atoms with E-state index in [0.29, 0.717) is 18.6 Å². The highest BCUT2D eigenvalue weighted by Gasteiger charge is 2.10. The number of hydrogen-bond acceptors (Lipinski definition) is 2. The Morgan fingerprint density at radius 3 is 2.44 bits per heavy atom. The number of hydrogen-bond donors (Lipinski definition) is 1. The topological polar surface area (TPSA) is 21.3 Å². The Morgan fingerprint density at radius 1 is 1.22 bits per heavy atom. The Hall–Kier alpha value is -1.00. The van der Waals surface area contributed by atoms with E-state index in [4.69, 9.17) is 4.74 Å². The van der Waals surface area contributed by atoms with Gasteiger partial charge in [0.15, 0.2) is 0 Å². The summed E-state index contributed by atoms with van der Waals surface area (Å²) in [6, 6.07) is 3.85. The molecule has 1 atom stereocenters. The number of nitrogens with one attached hydrogen (secondary N) is 1.